The first-order chi connectivity index (χ1) is 9.02. The third kappa shape index (κ3) is 5.94. The van der Waals surface area contributed by atoms with Crippen molar-refractivity contribution in [2.75, 3.05) is 24.3 Å². The third-order valence-corrected chi connectivity index (χ3v) is 2.74. The van der Waals surface area contributed by atoms with Crippen LogP contribution in [0.2, 0.25) is 0 Å². The number of aliphatic hydroxyl groups excluding tert-OH is 1. The minimum absolute atomic E-state index is 0.187. The molecule has 0 aliphatic heterocycles. The Labute approximate surface area is 118 Å². The zero-order valence-electron chi connectivity index (χ0n) is 11.2. The summed E-state index contributed by atoms with van der Waals surface area (Å²) in [6, 6.07) is 6.93. The topological polar surface area (TPSA) is 58.6 Å². The molecule has 0 aliphatic rings. The second kappa shape index (κ2) is 8.02. The van der Waals surface area contributed by atoms with Crippen molar-refractivity contribution >= 4 is 23.3 Å². The quantitative estimate of drug-likeness (QED) is 0.597. The molecule has 0 aromatic heterocycles. The maximum Gasteiger partial charge on any atom is 0.338 e. The molecule has 0 heterocycles. The number of rotatable bonds is 7. The number of carbonyl (C=O) groups excluding carboxylic acids is 1. The molecule has 1 aromatic rings. The van der Waals surface area contributed by atoms with Crippen molar-refractivity contribution in [2.24, 2.45) is 5.92 Å². The molecule has 4 nitrogen and oxygen atoms in total. The molecule has 0 aliphatic carbocycles. The summed E-state index contributed by atoms with van der Waals surface area (Å²) in [7, 11) is 0. The van der Waals surface area contributed by atoms with E-state index >= 15 is 0 Å². The maximum atomic E-state index is 11.7. The summed E-state index contributed by atoms with van der Waals surface area (Å²) in [4.78, 5) is 11.7. The Morgan fingerprint density at radius 2 is 2.00 bits per heavy atom. The Kier molecular flexibility index (Phi) is 6.67. The van der Waals surface area contributed by atoms with Gasteiger partial charge >= 0.3 is 5.97 Å². The summed E-state index contributed by atoms with van der Waals surface area (Å²) in [5.74, 6) is 0.190. The van der Waals surface area contributed by atoms with Gasteiger partial charge < -0.3 is 15.2 Å². The van der Waals surface area contributed by atoms with Crippen molar-refractivity contribution in [1.82, 2.24) is 0 Å². The van der Waals surface area contributed by atoms with Gasteiger partial charge in [0.1, 0.15) is 0 Å². The molecule has 106 valence electrons. The summed E-state index contributed by atoms with van der Waals surface area (Å²) >= 11 is 5.49. The fourth-order valence-electron chi connectivity index (χ4n) is 1.34. The van der Waals surface area contributed by atoms with E-state index in [0.29, 0.717) is 24.6 Å². The van der Waals surface area contributed by atoms with Gasteiger partial charge in [0.15, 0.2) is 0 Å². The van der Waals surface area contributed by atoms with Crippen LogP contribution in [-0.4, -0.2) is 36.2 Å². The molecule has 0 spiro atoms. The highest BCUT2D eigenvalue weighted by Crippen LogP contribution is 2.11. The third-order valence-electron chi connectivity index (χ3n) is 2.39. The number of hydrogen-bond acceptors (Lipinski definition) is 4. The number of anilines is 1. The summed E-state index contributed by atoms with van der Waals surface area (Å²) in [5, 5.41) is 12.3. The standard InChI is InChI=1S/C14H20ClNO3/c1-10(2)9-19-14(18)11-3-5-12(6-4-11)16-8-13(17)7-15/h3-6,10,13,16-17H,7-9H2,1-2H3. The lowest BCUT2D eigenvalue weighted by Crippen LogP contribution is -2.20. The molecule has 1 atom stereocenters. The van der Waals surface area contributed by atoms with Crippen molar-refractivity contribution in [3.05, 3.63) is 29.8 Å². The van der Waals surface area contributed by atoms with E-state index in [1.165, 1.54) is 0 Å². The number of benzene rings is 1. The van der Waals surface area contributed by atoms with Gasteiger partial charge in [0.05, 0.1) is 24.2 Å². The lowest BCUT2D eigenvalue weighted by molar-refractivity contribution is 0.0459. The normalized spacial score (nSPS) is 12.3. The van der Waals surface area contributed by atoms with Crippen molar-refractivity contribution in [3.8, 4) is 0 Å². The van der Waals surface area contributed by atoms with Crippen molar-refractivity contribution in [2.45, 2.75) is 20.0 Å². The maximum absolute atomic E-state index is 11.7. The van der Waals surface area contributed by atoms with Crippen LogP contribution >= 0.6 is 11.6 Å². The summed E-state index contributed by atoms with van der Waals surface area (Å²) < 4.78 is 5.13. The Morgan fingerprint density at radius 1 is 1.37 bits per heavy atom. The Bertz CT molecular complexity index is 392. The fourth-order valence-corrected chi connectivity index (χ4v) is 1.45. The van der Waals surface area contributed by atoms with E-state index in [1.807, 2.05) is 13.8 Å². The summed E-state index contributed by atoms with van der Waals surface area (Å²) in [6.07, 6.45) is -0.586. The minimum Gasteiger partial charge on any atom is -0.462 e. The van der Waals surface area contributed by atoms with Crippen molar-refractivity contribution in [3.63, 3.8) is 0 Å². The van der Waals surface area contributed by atoms with Gasteiger partial charge in [-0.1, -0.05) is 13.8 Å². The lowest BCUT2D eigenvalue weighted by atomic mass is 10.2. The molecular formula is C14H20ClNO3. The monoisotopic (exact) mass is 285 g/mol. The Hall–Kier alpha value is -1.26. The van der Waals surface area contributed by atoms with Gasteiger partial charge in [-0.05, 0) is 30.2 Å². The molecule has 1 rings (SSSR count). The predicted molar refractivity (Wildman–Crippen MR) is 76.8 cm³/mol. The Balaban J connectivity index is 2.49. The molecule has 0 saturated heterocycles. The van der Waals surface area contributed by atoms with Gasteiger partial charge in [-0.25, -0.2) is 4.79 Å². The van der Waals surface area contributed by atoms with Crippen LogP contribution in [0.5, 0.6) is 0 Å². The van der Waals surface area contributed by atoms with Crippen LogP contribution in [0.15, 0.2) is 24.3 Å². The number of nitrogens with one attached hydrogen (secondary N) is 1. The number of alkyl halides is 1. The molecule has 0 bridgehead atoms. The number of esters is 1. The van der Waals surface area contributed by atoms with Crippen LogP contribution in [0, 0.1) is 5.92 Å². The molecule has 0 fully saturated rings. The molecular weight excluding hydrogens is 266 g/mol. The SMILES string of the molecule is CC(C)COC(=O)c1ccc(NCC(O)CCl)cc1. The fraction of sp³-hybridized carbons (Fsp3) is 0.500. The number of carbonyl (C=O) groups is 1. The molecule has 2 N–H and O–H groups in total. The molecule has 1 unspecified atom stereocenters. The van der Waals surface area contributed by atoms with Crippen LogP contribution in [0.3, 0.4) is 0 Å². The molecule has 5 heteroatoms. The summed E-state index contributed by atoms with van der Waals surface area (Å²) in [5.41, 5.74) is 1.34. The molecule has 1 aromatic carbocycles. The van der Waals surface area contributed by atoms with Gasteiger partial charge in [0.25, 0.3) is 0 Å². The van der Waals surface area contributed by atoms with Gasteiger partial charge in [-0.15, -0.1) is 11.6 Å². The zero-order valence-corrected chi connectivity index (χ0v) is 12.0. The largest absolute Gasteiger partial charge is 0.462 e. The number of halogens is 1. The second-order valence-corrected chi connectivity index (χ2v) is 5.07. The van der Waals surface area contributed by atoms with E-state index in [-0.39, 0.29) is 11.8 Å². The number of aliphatic hydroxyl groups is 1. The van der Waals surface area contributed by atoms with Crippen LogP contribution in [0.4, 0.5) is 5.69 Å². The van der Waals surface area contributed by atoms with Gasteiger partial charge in [-0.2, -0.15) is 0 Å². The first-order valence-electron chi connectivity index (χ1n) is 6.28. The molecule has 0 radical (unpaired) electrons. The zero-order chi connectivity index (χ0) is 14.3. The smallest absolute Gasteiger partial charge is 0.338 e. The number of hydrogen-bond donors (Lipinski definition) is 2. The van der Waals surface area contributed by atoms with Gasteiger partial charge in [-0.3, -0.25) is 0 Å². The molecule has 0 saturated carbocycles. The second-order valence-electron chi connectivity index (χ2n) is 4.76. The van der Waals surface area contributed by atoms with Gasteiger partial charge in [0, 0.05) is 12.2 Å². The van der Waals surface area contributed by atoms with E-state index in [1.54, 1.807) is 24.3 Å². The highest BCUT2D eigenvalue weighted by atomic mass is 35.5. The Morgan fingerprint density at radius 3 is 2.53 bits per heavy atom. The van der Waals surface area contributed by atoms with Gasteiger partial charge in [0.2, 0.25) is 0 Å². The van der Waals surface area contributed by atoms with Crippen molar-refractivity contribution in [1.29, 1.82) is 0 Å². The van der Waals surface area contributed by atoms with E-state index < -0.39 is 6.10 Å². The molecule has 19 heavy (non-hydrogen) atoms. The van der Waals surface area contributed by atoms with E-state index in [2.05, 4.69) is 5.32 Å². The van der Waals surface area contributed by atoms with Crippen LogP contribution in [-0.2, 0) is 4.74 Å². The van der Waals surface area contributed by atoms with Crippen LogP contribution in [0.1, 0.15) is 24.2 Å². The average Bonchev–Trinajstić information content (AvgIpc) is 2.42. The van der Waals surface area contributed by atoms with E-state index in [4.69, 9.17) is 16.3 Å². The molecule has 0 amide bonds. The first kappa shape index (κ1) is 15.8. The highest BCUT2D eigenvalue weighted by molar-refractivity contribution is 6.18. The minimum atomic E-state index is -0.586. The van der Waals surface area contributed by atoms with Crippen LogP contribution in [0.25, 0.3) is 0 Å². The highest BCUT2D eigenvalue weighted by Gasteiger charge is 2.08. The predicted octanol–water partition coefficient (Wildman–Crippen LogP) is 2.51. The average molecular weight is 286 g/mol. The lowest BCUT2D eigenvalue weighted by Gasteiger charge is -2.11. The first-order valence-corrected chi connectivity index (χ1v) is 6.81. The van der Waals surface area contributed by atoms with Crippen LogP contribution < -0.4 is 5.32 Å². The van der Waals surface area contributed by atoms with Crippen molar-refractivity contribution < 1.29 is 14.6 Å². The van der Waals surface area contributed by atoms with E-state index in [0.717, 1.165) is 5.69 Å². The van der Waals surface area contributed by atoms with E-state index in [9.17, 15) is 9.90 Å². The summed E-state index contributed by atoms with van der Waals surface area (Å²) in [6.45, 7) is 4.77. The number of ether oxygens (including phenoxy) is 1.